The van der Waals surface area contributed by atoms with Gasteiger partial charge in [0, 0.05) is 0 Å². The summed E-state index contributed by atoms with van der Waals surface area (Å²) in [6, 6.07) is 16.9. The molecule has 0 saturated carbocycles. The van der Waals surface area contributed by atoms with Crippen LogP contribution in [0.15, 0.2) is 48.5 Å². The summed E-state index contributed by atoms with van der Waals surface area (Å²) in [5.74, 6) is 3.43. The monoisotopic (exact) mass is 310 g/mol. The number of hydrogen-bond acceptors (Lipinski definition) is 1. The van der Waals surface area contributed by atoms with Gasteiger partial charge in [0.15, 0.2) is 0 Å². The van der Waals surface area contributed by atoms with Gasteiger partial charge in [0.05, 0.1) is 0 Å². The van der Waals surface area contributed by atoms with Crippen LogP contribution in [0.25, 0.3) is 0 Å². The highest BCUT2D eigenvalue weighted by molar-refractivity contribution is 5.41. The third kappa shape index (κ3) is 5.74. The van der Waals surface area contributed by atoms with Gasteiger partial charge in [-0.2, -0.15) is 0 Å². The van der Waals surface area contributed by atoms with Gasteiger partial charge in [-0.15, -0.1) is 0 Å². The first-order valence-corrected chi connectivity index (χ1v) is 8.90. The van der Waals surface area contributed by atoms with Gasteiger partial charge in [-0.3, -0.25) is 0 Å². The summed E-state index contributed by atoms with van der Waals surface area (Å²) in [5, 5.41) is 0. The Hall–Kier alpha value is -1.76. The standard InChI is InChI=1S/C22H30O/c1-17(2)13-15-19-9-5-7-11-21(19)23-22-12-8-6-10-20(22)16-14-18(3)4/h5-12,17-18H,13-16H2,1-4H3. The van der Waals surface area contributed by atoms with Crippen molar-refractivity contribution in [3.05, 3.63) is 59.7 Å². The van der Waals surface area contributed by atoms with E-state index >= 15 is 0 Å². The van der Waals surface area contributed by atoms with Crippen molar-refractivity contribution in [1.82, 2.24) is 0 Å². The lowest BCUT2D eigenvalue weighted by Crippen LogP contribution is -1.98. The Morgan fingerprint density at radius 2 is 1.04 bits per heavy atom. The van der Waals surface area contributed by atoms with Crippen molar-refractivity contribution >= 4 is 0 Å². The minimum absolute atomic E-state index is 0.710. The Morgan fingerprint density at radius 1 is 0.652 bits per heavy atom. The van der Waals surface area contributed by atoms with Crippen LogP contribution in [0.5, 0.6) is 11.5 Å². The molecule has 2 rings (SSSR count). The molecule has 0 aliphatic heterocycles. The van der Waals surface area contributed by atoms with E-state index in [4.69, 9.17) is 4.74 Å². The topological polar surface area (TPSA) is 9.23 Å². The Bertz CT molecular complexity index is 545. The minimum atomic E-state index is 0.710. The van der Waals surface area contributed by atoms with Crippen molar-refractivity contribution in [3.8, 4) is 11.5 Å². The average Bonchev–Trinajstić information content (AvgIpc) is 2.53. The third-order valence-corrected chi connectivity index (χ3v) is 4.15. The van der Waals surface area contributed by atoms with Crippen molar-refractivity contribution in [2.45, 2.75) is 53.4 Å². The Morgan fingerprint density at radius 3 is 1.43 bits per heavy atom. The quantitative estimate of drug-likeness (QED) is 0.530. The molecule has 0 aromatic heterocycles. The van der Waals surface area contributed by atoms with Crippen LogP contribution >= 0.6 is 0 Å². The fraction of sp³-hybridized carbons (Fsp3) is 0.455. The summed E-state index contributed by atoms with van der Waals surface area (Å²) in [4.78, 5) is 0. The second-order valence-electron chi connectivity index (χ2n) is 7.18. The second-order valence-corrected chi connectivity index (χ2v) is 7.18. The Balaban J connectivity index is 2.16. The van der Waals surface area contributed by atoms with E-state index in [0.717, 1.165) is 24.3 Å². The van der Waals surface area contributed by atoms with Gasteiger partial charge in [-0.1, -0.05) is 64.1 Å². The number of benzene rings is 2. The summed E-state index contributed by atoms with van der Waals surface area (Å²) < 4.78 is 6.31. The first-order valence-electron chi connectivity index (χ1n) is 8.90. The molecule has 1 nitrogen and oxygen atoms in total. The highest BCUT2D eigenvalue weighted by Gasteiger charge is 2.09. The van der Waals surface area contributed by atoms with E-state index < -0.39 is 0 Å². The lowest BCUT2D eigenvalue weighted by atomic mass is 10.0. The lowest BCUT2D eigenvalue weighted by molar-refractivity contribution is 0.462. The van der Waals surface area contributed by atoms with Crippen LogP contribution in [0.2, 0.25) is 0 Å². The molecular formula is C22H30O. The van der Waals surface area contributed by atoms with Crippen LogP contribution in [0, 0.1) is 11.8 Å². The number of rotatable bonds is 8. The van der Waals surface area contributed by atoms with E-state index in [9.17, 15) is 0 Å². The molecule has 0 amide bonds. The number of aryl methyl sites for hydroxylation is 2. The first kappa shape index (κ1) is 17.6. The normalized spacial score (nSPS) is 11.2. The molecule has 0 aliphatic carbocycles. The van der Waals surface area contributed by atoms with E-state index in [1.54, 1.807) is 0 Å². The molecule has 0 spiro atoms. The van der Waals surface area contributed by atoms with Gasteiger partial charge in [0.2, 0.25) is 0 Å². The van der Waals surface area contributed by atoms with E-state index in [2.05, 4.69) is 76.2 Å². The van der Waals surface area contributed by atoms with Gasteiger partial charge < -0.3 is 4.74 Å². The van der Waals surface area contributed by atoms with Gasteiger partial charge in [-0.25, -0.2) is 0 Å². The van der Waals surface area contributed by atoms with E-state index in [-0.39, 0.29) is 0 Å². The van der Waals surface area contributed by atoms with Crippen molar-refractivity contribution in [3.63, 3.8) is 0 Å². The van der Waals surface area contributed by atoms with Crippen LogP contribution < -0.4 is 4.74 Å². The largest absolute Gasteiger partial charge is 0.457 e. The summed E-state index contributed by atoms with van der Waals surface area (Å²) in [5.41, 5.74) is 2.61. The van der Waals surface area contributed by atoms with Crippen molar-refractivity contribution in [2.75, 3.05) is 0 Å². The summed E-state index contributed by atoms with van der Waals surface area (Å²) in [6.07, 6.45) is 4.52. The highest BCUT2D eigenvalue weighted by atomic mass is 16.5. The molecule has 0 unspecified atom stereocenters. The predicted molar refractivity (Wildman–Crippen MR) is 99.3 cm³/mol. The lowest BCUT2D eigenvalue weighted by Gasteiger charge is -2.15. The molecule has 0 heterocycles. The molecule has 2 aromatic carbocycles. The predicted octanol–water partition coefficient (Wildman–Crippen LogP) is 6.66. The summed E-state index contributed by atoms with van der Waals surface area (Å²) in [6.45, 7) is 9.07. The molecular weight excluding hydrogens is 280 g/mol. The maximum Gasteiger partial charge on any atom is 0.130 e. The van der Waals surface area contributed by atoms with Crippen LogP contribution in [-0.2, 0) is 12.8 Å². The van der Waals surface area contributed by atoms with Gasteiger partial charge in [0.1, 0.15) is 11.5 Å². The van der Waals surface area contributed by atoms with E-state index in [0.29, 0.717) is 11.8 Å². The fourth-order valence-corrected chi connectivity index (χ4v) is 2.63. The van der Waals surface area contributed by atoms with Crippen LogP contribution in [0.1, 0.15) is 51.7 Å². The molecule has 2 aromatic rings. The van der Waals surface area contributed by atoms with Crippen molar-refractivity contribution in [1.29, 1.82) is 0 Å². The molecule has 1 heteroatoms. The van der Waals surface area contributed by atoms with Crippen LogP contribution in [0.3, 0.4) is 0 Å². The Labute approximate surface area is 141 Å². The zero-order chi connectivity index (χ0) is 16.7. The summed E-state index contributed by atoms with van der Waals surface area (Å²) in [7, 11) is 0. The van der Waals surface area contributed by atoms with Crippen molar-refractivity contribution in [2.24, 2.45) is 11.8 Å². The molecule has 0 N–H and O–H groups in total. The summed E-state index contributed by atoms with van der Waals surface area (Å²) >= 11 is 0. The minimum Gasteiger partial charge on any atom is -0.457 e. The molecule has 124 valence electrons. The molecule has 0 saturated heterocycles. The van der Waals surface area contributed by atoms with Gasteiger partial charge in [-0.05, 0) is 60.8 Å². The number of para-hydroxylation sites is 2. The maximum absolute atomic E-state index is 6.31. The molecule has 23 heavy (non-hydrogen) atoms. The molecule has 0 bridgehead atoms. The smallest absolute Gasteiger partial charge is 0.130 e. The van der Waals surface area contributed by atoms with Crippen LogP contribution in [0.4, 0.5) is 0 Å². The van der Waals surface area contributed by atoms with E-state index in [1.165, 1.54) is 24.0 Å². The zero-order valence-corrected chi connectivity index (χ0v) is 15.0. The molecule has 0 aliphatic rings. The molecule has 0 atom stereocenters. The van der Waals surface area contributed by atoms with Gasteiger partial charge in [0.25, 0.3) is 0 Å². The van der Waals surface area contributed by atoms with E-state index in [1.807, 2.05) is 0 Å². The Kier molecular flexibility index (Phi) is 6.70. The van der Waals surface area contributed by atoms with Gasteiger partial charge >= 0.3 is 0 Å². The number of hydrogen-bond donors (Lipinski definition) is 0. The average molecular weight is 310 g/mol. The zero-order valence-electron chi connectivity index (χ0n) is 15.0. The SMILES string of the molecule is CC(C)CCc1ccccc1Oc1ccccc1CCC(C)C. The number of ether oxygens (including phenoxy) is 1. The fourth-order valence-electron chi connectivity index (χ4n) is 2.63. The second kappa shape index (κ2) is 8.76. The maximum atomic E-state index is 6.31. The first-order chi connectivity index (χ1) is 11.1. The van der Waals surface area contributed by atoms with Crippen molar-refractivity contribution < 1.29 is 4.74 Å². The molecule has 0 radical (unpaired) electrons. The molecule has 0 fully saturated rings. The highest BCUT2D eigenvalue weighted by Crippen LogP contribution is 2.30. The van der Waals surface area contributed by atoms with Crippen LogP contribution in [-0.4, -0.2) is 0 Å². The third-order valence-electron chi connectivity index (χ3n) is 4.15.